The molecule has 48 valence electrons. The average molecular weight is 124 g/mol. The van der Waals surface area contributed by atoms with Gasteiger partial charge in [0.05, 0.1) is 12.3 Å². The molecule has 1 fully saturated rings. The van der Waals surface area contributed by atoms with Crippen molar-refractivity contribution in [2.24, 2.45) is 10.9 Å². The van der Waals surface area contributed by atoms with Crippen LogP contribution in [-0.4, -0.2) is 12.8 Å². The number of aliphatic imine (C=N–C) groups is 1. The smallest absolute Gasteiger partial charge is 0.0833 e. The van der Waals surface area contributed by atoms with Crippen LogP contribution in [0.15, 0.2) is 16.9 Å². The summed E-state index contributed by atoms with van der Waals surface area (Å²) >= 11 is 0. The molecule has 1 N–H and O–H groups in total. The van der Waals surface area contributed by atoms with E-state index >= 15 is 0 Å². The molecule has 0 radical (unpaired) electrons. The molecule has 9 heavy (non-hydrogen) atoms. The van der Waals surface area contributed by atoms with Gasteiger partial charge in [-0.3, -0.25) is 15.3 Å². The van der Waals surface area contributed by atoms with Crippen LogP contribution in [0.3, 0.4) is 0 Å². The molecule has 3 heteroatoms. The van der Waals surface area contributed by atoms with Gasteiger partial charge in [-0.25, -0.2) is 0 Å². The highest BCUT2D eigenvalue weighted by Crippen LogP contribution is 2.20. The first-order chi connectivity index (χ1) is 4.47. The molecule has 0 aromatic heterocycles. The van der Waals surface area contributed by atoms with Gasteiger partial charge in [-0.2, -0.15) is 0 Å². The highest BCUT2D eigenvalue weighted by molar-refractivity contribution is 5.61. The fourth-order valence-corrected chi connectivity index (χ4v) is 1.05. The summed E-state index contributed by atoms with van der Waals surface area (Å²) in [4.78, 5) is 8.98. The van der Waals surface area contributed by atoms with E-state index in [1.54, 1.807) is 0 Å². The topological polar surface area (TPSA) is 33.6 Å². The van der Waals surface area contributed by atoms with E-state index in [4.69, 9.17) is 4.84 Å². The summed E-state index contributed by atoms with van der Waals surface area (Å²) in [6.45, 7) is 0.790. The molecule has 0 aromatic carbocycles. The van der Waals surface area contributed by atoms with Crippen LogP contribution in [-0.2, 0) is 4.84 Å². The van der Waals surface area contributed by atoms with E-state index in [1.807, 2.05) is 12.4 Å². The lowest BCUT2D eigenvalue weighted by Gasteiger charge is -2.06. The first-order valence-electron chi connectivity index (χ1n) is 3.06. The number of fused-ring (bicyclic) bond motifs is 1. The first-order valence-corrected chi connectivity index (χ1v) is 3.06. The van der Waals surface area contributed by atoms with Crippen molar-refractivity contribution in [3.8, 4) is 0 Å². The van der Waals surface area contributed by atoms with Crippen LogP contribution in [0.2, 0.25) is 0 Å². The molecule has 1 unspecified atom stereocenters. The van der Waals surface area contributed by atoms with Crippen molar-refractivity contribution in [2.45, 2.75) is 6.42 Å². The van der Waals surface area contributed by atoms with E-state index in [0.29, 0.717) is 5.92 Å². The maximum atomic E-state index is 4.99. The Morgan fingerprint density at radius 2 is 2.78 bits per heavy atom. The highest BCUT2D eigenvalue weighted by atomic mass is 16.7. The van der Waals surface area contributed by atoms with E-state index in [1.165, 1.54) is 0 Å². The summed E-state index contributed by atoms with van der Waals surface area (Å²) in [6, 6.07) is 0. The molecule has 1 atom stereocenters. The molecule has 0 aliphatic carbocycles. The normalized spacial score (nSPS) is 31.1. The van der Waals surface area contributed by atoms with Gasteiger partial charge in [-0.1, -0.05) is 0 Å². The highest BCUT2D eigenvalue weighted by Gasteiger charge is 2.21. The van der Waals surface area contributed by atoms with E-state index in [-0.39, 0.29) is 0 Å². The van der Waals surface area contributed by atoms with Crippen LogP contribution in [0, 0.1) is 5.92 Å². The summed E-state index contributed by atoms with van der Waals surface area (Å²) in [7, 11) is 0. The Labute approximate surface area is 53.4 Å². The van der Waals surface area contributed by atoms with Crippen LogP contribution in [0.4, 0.5) is 0 Å². The monoisotopic (exact) mass is 124 g/mol. The fourth-order valence-electron chi connectivity index (χ4n) is 1.05. The average Bonchev–Trinajstić information content (AvgIpc) is 2.33. The zero-order chi connectivity index (χ0) is 6.10. The van der Waals surface area contributed by atoms with E-state index in [0.717, 1.165) is 18.7 Å². The molecular weight excluding hydrogens is 116 g/mol. The summed E-state index contributed by atoms with van der Waals surface area (Å²) in [5, 5.41) is 0. The van der Waals surface area contributed by atoms with Crippen molar-refractivity contribution in [3.63, 3.8) is 0 Å². The number of rotatable bonds is 0. The molecule has 0 aromatic rings. The van der Waals surface area contributed by atoms with Gasteiger partial charge in [-0.15, -0.1) is 0 Å². The van der Waals surface area contributed by atoms with Crippen LogP contribution >= 0.6 is 0 Å². The Hall–Kier alpha value is -0.830. The molecule has 0 saturated carbocycles. The van der Waals surface area contributed by atoms with Crippen molar-refractivity contribution in [1.29, 1.82) is 0 Å². The molecule has 2 aliphatic heterocycles. The van der Waals surface area contributed by atoms with Gasteiger partial charge < -0.3 is 0 Å². The summed E-state index contributed by atoms with van der Waals surface area (Å²) in [5.41, 5.74) is 3.93. The predicted octanol–water partition coefficient (Wildman–Crippen LogP) is 0.453. The number of nitrogens with zero attached hydrogens (tertiary/aromatic N) is 1. The lowest BCUT2D eigenvalue weighted by atomic mass is 10.0. The standard InChI is InChI=1S/C6H8N2O/c1-2-7-3-6-5(1)4-9-8-6/h2-3,5,8H,1,4H2. The Balaban J connectivity index is 2.23. The van der Waals surface area contributed by atoms with E-state index in [9.17, 15) is 0 Å². The zero-order valence-electron chi connectivity index (χ0n) is 5.00. The van der Waals surface area contributed by atoms with E-state index in [2.05, 4.69) is 10.5 Å². The number of hydroxylamine groups is 1. The molecule has 2 heterocycles. The third-order valence-electron chi connectivity index (χ3n) is 1.62. The van der Waals surface area contributed by atoms with Gasteiger partial charge in [0.15, 0.2) is 0 Å². The van der Waals surface area contributed by atoms with Crippen LogP contribution in [0.1, 0.15) is 6.42 Å². The van der Waals surface area contributed by atoms with Gasteiger partial charge in [0, 0.05) is 18.3 Å². The first kappa shape index (κ1) is 4.99. The van der Waals surface area contributed by atoms with Crippen LogP contribution in [0.25, 0.3) is 0 Å². The van der Waals surface area contributed by atoms with Gasteiger partial charge >= 0.3 is 0 Å². The largest absolute Gasteiger partial charge is 0.276 e. The van der Waals surface area contributed by atoms with Gasteiger partial charge in [0.1, 0.15) is 0 Å². The lowest BCUT2D eigenvalue weighted by Crippen LogP contribution is -2.09. The Morgan fingerprint density at radius 3 is 3.67 bits per heavy atom. The van der Waals surface area contributed by atoms with Gasteiger partial charge in [-0.05, 0) is 6.42 Å². The number of nitrogens with one attached hydrogen (secondary N) is 1. The quantitative estimate of drug-likeness (QED) is 0.508. The third-order valence-corrected chi connectivity index (χ3v) is 1.62. The second-order valence-corrected chi connectivity index (χ2v) is 2.26. The lowest BCUT2D eigenvalue weighted by molar-refractivity contribution is 0.104. The van der Waals surface area contributed by atoms with E-state index < -0.39 is 0 Å². The zero-order valence-corrected chi connectivity index (χ0v) is 5.00. The minimum Gasteiger partial charge on any atom is -0.276 e. The van der Waals surface area contributed by atoms with Crippen molar-refractivity contribution >= 4 is 6.21 Å². The fraction of sp³-hybridized carbons (Fsp3) is 0.500. The Morgan fingerprint density at radius 1 is 1.78 bits per heavy atom. The minimum absolute atomic E-state index is 0.544. The summed E-state index contributed by atoms with van der Waals surface area (Å²) < 4.78 is 0. The molecule has 0 bridgehead atoms. The van der Waals surface area contributed by atoms with Crippen molar-refractivity contribution in [3.05, 3.63) is 11.9 Å². The maximum Gasteiger partial charge on any atom is 0.0833 e. The SMILES string of the molecule is C1=NC=C2NOCC2C1. The van der Waals surface area contributed by atoms with Gasteiger partial charge in [0.25, 0.3) is 0 Å². The van der Waals surface area contributed by atoms with Gasteiger partial charge in [0.2, 0.25) is 0 Å². The molecule has 2 aliphatic rings. The minimum atomic E-state index is 0.544. The van der Waals surface area contributed by atoms with Crippen molar-refractivity contribution in [2.75, 3.05) is 6.61 Å². The number of hydrogen-bond donors (Lipinski definition) is 1. The third kappa shape index (κ3) is 0.733. The molecule has 0 spiro atoms. The second-order valence-electron chi connectivity index (χ2n) is 2.26. The number of hydrogen-bond acceptors (Lipinski definition) is 3. The molecule has 3 nitrogen and oxygen atoms in total. The maximum absolute atomic E-state index is 4.99. The Bertz CT molecular complexity index is 174. The summed E-state index contributed by atoms with van der Waals surface area (Å²) in [5.74, 6) is 0.544. The second kappa shape index (κ2) is 1.84. The molecule has 1 saturated heterocycles. The molecule has 0 amide bonds. The summed E-state index contributed by atoms with van der Waals surface area (Å²) in [6.07, 6.45) is 4.75. The molecular formula is C6H8N2O. The van der Waals surface area contributed by atoms with Crippen molar-refractivity contribution in [1.82, 2.24) is 5.48 Å². The van der Waals surface area contributed by atoms with Crippen LogP contribution < -0.4 is 5.48 Å². The Kier molecular flexibility index (Phi) is 1.02. The predicted molar refractivity (Wildman–Crippen MR) is 33.8 cm³/mol. The molecule has 2 rings (SSSR count). The van der Waals surface area contributed by atoms with Crippen LogP contribution in [0.5, 0.6) is 0 Å². The van der Waals surface area contributed by atoms with Crippen molar-refractivity contribution < 1.29 is 4.84 Å².